The lowest BCUT2D eigenvalue weighted by atomic mass is 10.1. The molecular formula is C16H26N2O. The van der Waals surface area contributed by atoms with Crippen LogP contribution in [-0.2, 0) is 0 Å². The summed E-state index contributed by atoms with van der Waals surface area (Å²) in [7, 11) is 0. The number of carbonyl (C=O) groups is 1. The first-order valence-corrected chi connectivity index (χ1v) is 7.20. The zero-order valence-corrected chi connectivity index (χ0v) is 12.8. The van der Waals surface area contributed by atoms with Crippen molar-refractivity contribution < 1.29 is 4.79 Å². The third-order valence-corrected chi connectivity index (χ3v) is 3.57. The normalized spacial score (nSPS) is 12.1. The minimum Gasteiger partial charge on any atom is -0.385 e. The molecule has 1 aromatic carbocycles. The van der Waals surface area contributed by atoms with Crippen molar-refractivity contribution in [2.75, 3.05) is 18.4 Å². The van der Waals surface area contributed by atoms with Crippen molar-refractivity contribution in [1.29, 1.82) is 0 Å². The molecule has 0 radical (unpaired) electrons. The average Bonchev–Trinajstić information content (AvgIpc) is 2.41. The number of carbonyl (C=O) groups excluding carboxylic acids is 1. The number of rotatable bonds is 6. The van der Waals surface area contributed by atoms with Crippen LogP contribution in [0.1, 0.15) is 50.0 Å². The standard InChI is InChI=1S/C16H26N2O/c1-6-13(5)18(8-3)16(19)14-9-10-15(17-7-2)12(4)11-14/h9-11,13,17H,6-8H2,1-5H3. The maximum Gasteiger partial charge on any atom is 0.254 e. The molecule has 1 aromatic rings. The molecule has 1 amide bonds. The average molecular weight is 262 g/mol. The lowest BCUT2D eigenvalue weighted by Crippen LogP contribution is -2.38. The second-order valence-corrected chi connectivity index (χ2v) is 4.91. The van der Waals surface area contributed by atoms with Gasteiger partial charge in [-0.2, -0.15) is 0 Å². The van der Waals surface area contributed by atoms with Crippen molar-refractivity contribution in [3.8, 4) is 0 Å². The van der Waals surface area contributed by atoms with E-state index in [2.05, 4.69) is 26.1 Å². The van der Waals surface area contributed by atoms with Gasteiger partial charge in [-0.25, -0.2) is 0 Å². The molecule has 0 aliphatic carbocycles. The Balaban J connectivity index is 2.96. The largest absolute Gasteiger partial charge is 0.385 e. The monoisotopic (exact) mass is 262 g/mol. The van der Waals surface area contributed by atoms with E-state index in [1.165, 1.54) is 0 Å². The smallest absolute Gasteiger partial charge is 0.254 e. The Morgan fingerprint density at radius 1 is 1.32 bits per heavy atom. The maximum absolute atomic E-state index is 12.5. The summed E-state index contributed by atoms with van der Waals surface area (Å²) in [5.41, 5.74) is 3.00. The van der Waals surface area contributed by atoms with Crippen molar-refractivity contribution in [2.45, 2.75) is 47.1 Å². The van der Waals surface area contributed by atoms with E-state index in [0.29, 0.717) is 0 Å². The number of aryl methyl sites for hydroxylation is 1. The fourth-order valence-corrected chi connectivity index (χ4v) is 2.23. The Labute approximate surface area is 117 Å². The van der Waals surface area contributed by atoms with Crippen LogP contribution in [0.15, 0.2) is 18.2 Å². The summed E-state index contributed by atoms with van der Waals surface area (Å²) < 4.78 is 0. The summed E-state index contributed by atoms with van der Waals surface area (Å²) in [6.07, 6.45) is 0.980. The third kappa shape index (κ3) is 3.72. The van der Waals surface area contributed by atoms with E-state index in [9.17, 15) is 4.79 Å². The number of nitrogens with zero attached hydrogens (tertiary/aromatic N) is 1. The zero-order chi connectivity index (χ0) is 14.4. The van der Waals surface area contributed by atoms with Crippen LogP contribution < -0.4 is 5.32 Å². The molecule has 0 spiro atoms. The first-order chi connectivity index (χ1) is 9.04. The number of amides is 1. The maximum atomic E-state index is 12.5. The molecule has 0 bridgehead atoms. The van der Waals surface area contributed by atoms with Crippen molar-refractivity contribution in [1.82, 2.24) is 4.90 Å². The van der Waals surface area contributed by atoms with Gasteiger partial charge in [0.1, 0.15) is 0 Å². The summed E-state index contributed by atoms with van der Waals surface area (Å²) in [5.74, 6) is 0.128. The van der Waals surface area contributed by atoms with Crippen molar-refractivity contribution in [3.63, 3.8) is 0 Å². The van der Waals surface area contributed by atoms with E-state index in [4.69, 9.17) is 0 Å². The Morgan fingerprint density at radius 3 is 2.47 bits per heavy atom. The van der Waals surface area contributed by atoms with Crippen LogP contribution in [0.4, 0.5) is 5.69 Å². The molecule has 0 fully saturated rings. The molecule has 106 valence electrons. The van der Waals surface area contributed by atoms with Crippen LogP contribution >= 0.6 is 0 Å². The van der Waals surface area contributed by atoms with Gasteiger partial charge in [0.2, 0.25) is 0 Å². The third-order valence-electron chi connectivity index (χ3n) is 3.57. The Morgan fingerprint density at radius 2 is 2.00 bits per heavy atom. The molecule has 1 rings (SSSR count). The second-order valence-electron chi connectivity index (χ2n) is 4.91. The van der Waals surface area contributed by atoms with E-state index >= 15 is 0 Å². The van der Waals surface area contributed by atoms with Gasteiger partial charge in [0.25, 0.3) is 5.91 Å². The van der Waals surface area contributed by atoms with Crippen molar-refractivity contribution >= 4 is 11.6 Å². The van der Waals surface area contributed by atoms with Crippen LogP contribution in [0, 0.1) is 6.92 Å². The summed E-state index contributed by atoms with van der Waals surface area (Å²) in [4.78, 5) is 14.4. The number of nitrogens with one attached hydrogen (secondary N) is 1. The van der Waals surface area contributed by atoms with Gasteiger partial charge in [0, 0.05) is 30.4 Å². The molecule has 0 heterocycles. The van der Waals surface area contributed by atoms with Gasteiger partial charge >= 0.3 is 0 Å². The van der Waals surface area contributed by atoms with Gasteiger partial charge in [0.05, 0.1) is 0 Å². The molecule has 0 aliphatic rings. The van der Waals surface area contributed by atoms with E-state index in [-0.39, 0.29) is 11.9 Å². The quantitative estimate of drug-likeness (QED) is 0.848. The first-order valence-electron chi connectivity index (χ1n) is 7.20. The molecular weight excluding hydrogens is 236 g/mol. The summed E-state index contributed by atoms with van der Waals surface area (Å²) >= 11 is 0. The van der Waals surface area contributed by atoms with Gasteiger partial charge in [0.15, 0.2) is 0 Å². The topological polar surface area (TPSA) is 32.3 Å². The lowest BCUT2D eigenvalue weighted by molar-refractivity contribution is 0.0700. The highest BCUT2D eigenvalue weighted by molar-refractivity contribution is 5.95. The van der Waals surface area contributed by atoms with E-state index in [1.807, 2.05) is 36.9 Å². The minimum atomic E-state index is 0.128. The number of hydrogen-bond donors (Lipinski definition) is 1. The van der Waals surface area contributed by atoms with Crippen molar-refractivity contribution in [2.24, 2.45) is 0 Å². The molecule has 1 unspecified atom stereocenters. The predicted molar refractivity (Wildman–Crippen MR) is 81.8 cm³/mol. The number of hydrogen-bond acceptors (Lipinski definition) is 2. The van der Waals surface area contributed by atoms with Gasteiger partial charge < -0.3 is 10.2 Å². The van der Waals surface area contributed by atoms with Crippen LogP contribution in [0.5, 0.6) is 0 Å². The van der Waals surface area contributed by atoms with Crippen LogP contribution in [0.25, 0.3) is 0 Å². The fraction of sp³-hybridized carbons (Fsp3) is 0.562. The number of benzene rings is 1. The zero-order valence-electron chi connectivity index (χ0n) is 12.8. The lowest BCUT2D eigenvalue weighted by Gasteiger charge is -2.27. The van der Waals surface area contributed by atoms with E-state index < -0.39 is 0 Å². The van der Waals surface area contributed by atoms with Crippen LogP contribution in [0.3, 0.4) is 0 Å². The fourth-order valence-electron chi connectivity index (χ4n) is 2.23. The second kappa shape index (κ2) is 7.17. The molecule has 1 atom stereocenters. The van der Waals surface area contributed by atoms with Crippen LogP contribution in [-0.4, -0.2) is 29.9 Å². The van der Waals surface area contributed by atoms with Gasteiger partial charge in [-0.15, -0.1) is 0 Å². The Bertz CT molecular complexity index is 429. The molecule has 0 saturated heterocycles. The highest BCUT2D eigenvalue weighted by atomic mass is 16.2. The summed E-state index contributed by atoms with van der Waals surface area (Å²) in [6, 6.07) is 6.17. The SMILES string of the molecule is CCNc1ccc(C(=O)N(CC)C(C)CC)cc1C. The summed E-state index contributed by atoms with van der Waals surface area (Å²) in [5, 5.41) is 3.29. The Hall–Kier alpha value is -1.51. The molecule has 1 N–H and O–H groups in total. The van der Waals surface area contributed by atoms with Gasteiger partial charge in [-0.3, -0.25) is 4.79 Å². The molecule has 0 aromatic heterocycles. The molecule has 19 heavy (non-hydrogen) atoms. The van der Waals surface area contributed by atoms with Crippen molar-refractivity contribution in [3.05, 3.63) is 29.3 Å². The Kier molecular flexibility index (Phi) is 5.87. The highest BCUT2D eigenvalue weighted by Crippen LogP contribution is 2.18. The van der Waals surface area contributed by atoms with Gasteiger partial charge in [-0.05, 0) is 57.9 Å². The molecule has 0 aliphatic heterocycles. The minimum absolute atomic E-state index is 0.128. The molecule has 0 saturated carbocycles. The highest BCUT2D eigenvalue weighted by Gasteiger charge is 2.19. The first kappa shape index (κ1) is 15.5. The summed E-state index contributed by atoms with van der Waals surface area (Å²) in [6.45, 7) is 12.0. The van der Waals surface area contributed by atoms with Crippen LogP contribution in [0.2, 0.25) is 0 Å². The molecule has 3 nitrogen and oxygen atoms in total. The van der Waals surface area contributed by atoms with Gasteiger partial charge in [-0.1, -0.05) is 6.92 Å². The predicted octanol–water partition coefficient (Wildman–Crippen LogP) is 3.69. The van der Waals surface area contributed by atoms with E-state index in [0.717, 1.165) is 36.3 Å². The number of anilines is 1. The molecule has 3 heteroatoms. The van der Waals surface area contributed by atoms with E-state index in [1.54, 1.807) is 0 Å².